The molecule has 0 radical (unpaired) electrons. The molecule has 17 heavy (non-hydrogen) atoms. The van der Waals surface area contributed by atoms with Gasteiger partial charge in [-0.25, -0.2) is 4.98 Å². The smallest absolute Gasteiger partial charge is 0.409 e. The van der Waals surface area contributed by atoms with Gasteiger partial charge in [-0.1, -0.05) is 22.8 Å². The molecule has 94 valence electrons. The number of alkyl halides is 3. The Morgan fingerprint density at radius 2 is 2.18 bits per heavy atom. The summed E-state index contributed by atoms with van der Waals surface area (Å²) in [7, 11) is 1.16. The second kappa shape index (κ2) is 5.22. The molecule has 0 amide bonds. The van der Waals surface area contributed by atoms with Crippen LogP contribution in [0.5, 0.6) is 0 Å². The zero-order valence-corrected chi connectivity index (χ0v) is 9.50. The Morgan fingerprint density at radius 1 is 1.53 bits per heavy atom. The van der Waals surface area contributed by atoms with Crippen molar-refractivity contribution in [3.8, 4) is 0 Å². The molecule has 1 aromatic rings. The molecule has 0 aliphatic heterocycles. The quantitative estimate of drug-likeness (QED) is 0.294. The van der Waals surface area contributed by atoms with Gasteiger partial charge in [0.25, 0.3) is 0 Å². The van der Waals surface area contributed by atoms with E-state index in [9.17, 15) is 13.2 Å². The van der Waals surface area contributed by atoms with Crippen molar-refractivity contribution >= 4 is 17.4 Å². The Bertz CT molecular complexity index is 405. The van der Waals surface area contributed by atoms with E-state index in [0.29, 0.717) is 5.56 Å². The molecule has 0 fully saturated rings. The number of rotatable bonds is 2. The Kier molecular flexibility index (Phi) is 4.17. The second-order valence-corrected chi connectivity index (χ2v) is 3.65. The fourth-order valence-electron chi connectivity index (χ4n) is 1.20. The highest BCUT2D eigenvalue weighted by Gasteiger charge is 2.39. The molecule has 0 unspecified atom stereocenters. The number of oxime groups is 1. The van der Waals surface area contributed by atoms with Gasteiger partial charge in [-0.15, -0.1) is 0 Å². The van der Waals surface area contributed by atoms with Crippen molar-refractivity contribution < 1.29 is 18.4 Å². The maximum atomic E-state index is 12.4. The third-order valence-corrected chi connectivity index (χ3v) is 2.14. The maximum Gasteiger partial charge on any atom is 0.452 e. The highest BCUT2D eigenvalue weighted by molar-refractivity contribution is 6.29. The van der Waals surface area contributed by atoms with Crippen LogP contribution >= 0.6 is 11.6 Å². The lowest BCUT2D eigenvalue weighted by molar-refractivity contribution is -0.0707. The molecule has 0 atom stereocenters. The topological polar surface area (TPSA) is 48.7 Å². The van der Waals surface area contributed by atoms with E-state index in [-0.39, 0.29) is 11.7 Å². The van der Waals surface area contributed by atoms with E-state index in [4.69, 9.17) is 16.8 Å². The summed E-state index contributed by atoms with van der Waals surface area (Å²) in [6.45, 7) is -0.0942. The van der Waals surface area contributed by atoms with E-state index in [1.807, 2.05) is 0 Å². The Morgan fingerprint density at radius 3 is 2.59 bits per heavy atom. The number of aromatic nitrogens is 1. The molecule has 0 spiro atoms. The molecule has 0 bridgehead atoms. The number of pyridine rings is 1. The van der Waals surface area contributed by atoms with Gasteiger partial charge >= 0.3 is 6.18 Å². The third-order valence-electron chi connectivity index (χ3n) is 1.92. The first-order valence-corrected chi connectivity index (χ1v) is 4.83. The van der Waals surface area contributed by atoms with Crippen LogP contribution in [-0.4, -0.2) is 34.2 Å². The fraction of sp³-hybridized carbons (Fsp3) is 0.333. The molecule has 8 heteroatoms. The minimum Gasteiger partial charge on any atom is -0.409 e. The maximum absolute atomic E-state index is 12.4. The van der Waals surface area contributed by atoms with E-state index in [0.717, 1.165) is 11.9 Å². The summed E-state index contributed by atoms with van der Waals surface area (Å²) in [6.07, 6.45) is -3.35. The number of hydrogen-bond donors (Lipinski definition) is 1. The van der Waals surface area contributed by atoms with Crippen molar-refractivity contribution in [1.29, 1.82) is 0 Å². The Hall–Kier alpha value is -1.50. The Labute approximate surface area is 100 Å². The van der Waals surface area contributed by atoms with Gasteiger partial charge in [-0.2, -0.15) is 13.2 Å². The molecule has 4 nitrogen and oxygen atoms in total. The van der Waals surface area contributed by atoms with Gasteiger partial charge in [0, 0.05) is 19.8 Å². The van der Waals surface area contributed by atoms with Crippen molar-refractivity contribution in [1.82, 2.24) is 9.88 Å². The van der Waals surface area contributed by atoms with Crippen LogP contribution in [0.3, 0.4) is 0 Å². The molecule has 0 aromatic carbocycles. The highest BCUT2D eigenvalue weighted by atomic mass is 35.5. The molecule has 0 aliphatic rings. The number of nitrogens with zero attached hydrogens (tertiary/aromatic N) is 3. The minimum atomic E-state index is -4.71. The number of amidine groups is 1. The van der Waals surface area contributed by atoms with Crippen molar-refractivity contribution in [2.24, 2.45) is 5.16 Å². The normalized spacial score (nSPS) is 12.6. The van der Waals surface area contributed by atoms with Crippen LogP contribution in [0.25, 0.3) is 0 Å². The largest absolute Gasteiger partial charge is 0.452 e. The number of hydrogen-bond acceptors (Lipinski definition) is 3. The van der Waals surface area contributed by atoms with E-state index >= 15 is 0 Å². The highest BCUT2D eigenvalue weighted by Crippen LogP contribution is 2.20. The summed E-state index contributed by atoms with van der Waals surface area (Å²) in [4.78, 5) is 4.50. The zero-order chi connectivity index (χ0) is 13.1. The van der Waals surface area contributed by atoms with Crippen LogP contribution in [0.1, 0.15) is 5.56 Å². The number of halogens is 4. The lowest BCUT2D eigenvalue weighted by Crippen LogP contribution is -2.38. The fourth-order valence-corrected chi connectivity index (χ4v) is 1.31. The first kappa shape index (κ1) is 13.6. The predicted molar refractivity (Wildman–Crippen MR) is 56.0 cm³/mol. The average Bonchev–Trinajstić information content (AvgIpc) is 2.20. The SMILES string of the molecule is CN(Cc1ccc(Cl)nc1)/C(=N/O)C(F)(F)F. The predicted octanol–water partition coefficient (Wildman–Crippen LogP) is 2.52. The van der Waals surface area contributed by atoms with Crippen LogP contribution in [0.15, 0.2) is 23.5 Å². The molecule has 0 saturated heterocycles. The van der Waals surface area contributed by atoms with Gasteiger partial charge in [0.1, 0.15) is 5.15 Å². The van der Waals surface area contributed by atoms with Crippen molar-refractivity contribution in [3.63, 3.8) is 0 Å². The molecular weight excluding hydrogens is 259 g/mol. The van der Waals surface area contributed by atoms with Crippen LogP contribution < -0.4 is 0 Å². The summed E-state index contributed by atoms with van der Waals surface area (Å²) in [5.41, 5.74) is 0.516. The van der Waals surface area contributed by atoms with E-state index in [1.54, 1.807) is 0 Å². The zero-order valence-electron chi connectivity index (χ0n) is 8.74. The first-order chi connectivity index (χ1) is 7.84. The van der Waals surface area contributed by atoms with Crippen LogP contribution in [-0.2, 0) is 6.54 Å². The van der Waals surface area contributed by atoms with Crippen molar-refractivity contribution in [3.05, 3.63) is 29.0 Å². The standard InChI is InChI=1S/C9H9ClF3N3O/c1-16(8(15-17)9(11,12)13)5-6-2-3-7(10)14-4-6/h2-4,17H,5H2,1H3/b15-8+. The van der Waals surface area contributed by atoms with Gasteiger partial charge in [-0.05, 0) is 11.6 Å². The van der Waals surface area contributed by atoms with E-state index < -0.39 is 12.0 Å². The molecule has 0 aliphatic carbocycles. The average molecular weight is 268 g/mol. The van der Waals surface area contributed by atoms with Crippen LogP contribution in [0.2, 0.25) is 5.15 Å². The first-order valence-electron chi connectivity index (χ1n) is 4.45. The molecule has 1 heterocycles. The van der Waals surface area contributed by atoms with Gasteiger partial charge in [0.15, 0.2) is 0 Å². The minimum absolute atomic E-state index is 0.0942. The summed E-state index contributed by atoms with van der Waals surface area (Å²) in [5, 5.41) is 10.8. The molecule has 0 saturated carbocycles. The van der Waals surface area contributed by atoms with E-state index in [1.165, 1.54) is 18.3 Å². The summed E-state index contributed by atoms with van der Waals surface area (Å²) in [6, 6.07) is 3.01. The van der Waals surface area contributed by atoms with Gasteiger partial charge in [0.05, 0.1) is 0 Å². The second-order valence-electron chi connectivity index (χ2n) is 3.27. The monoisotopic (exact) mass is 267 g/mol. The van der Waals surface area contributed by atoms with Crippen LogP contribution in [0.4, 0.5) is 13.2 Å². The van der Waals surface area contributed by atoms with Crippen LogP contribution in [0, 0.1) is 0 Å². The summed E-state index contributed by atoms with van der Waals surface area (Å²) >= 11 is 5.54. The van der Waals surface area contributed by atoms with Crippen molar-refractivity contribution in [2.75, 3.05) is 7.05 Å². The molecule has 1 rings (SSSR count). The lowest BCUT2D eigenvalue weighted by Gasteiger charge is -2.21. The summed E-state index contributed by atoms with van der Waals surface area (Å²) in [5.74, 6) is -1.37. The molecule has 1 N–H and O–H groups in total. The molecular formula is C9H9ClF3N3O. The van der Waals surface area contributed by atoms with Gasteiger partial charge in [0.2, 0.25) is 5.84 Å². The van der Waals surface area contributed by atoms with Gasteiger partial charge < -0.3 is 10.1 Å². The Balaban J connectivity index is 2.78. The lowest BCUT2D eigenvalue weighted by atomic mass is 10.2. The summed E-state index contributed by atoms with van der Waals surface area (Å²) < 4.78 is 37.1. The van der Waals surface area contributed by atoms with Crippen molar-refractivity contribution in [2.45, 2.75) is 12.7 Å². The third kappa shape index (κ3) is 3.77. The molecule has 1 aromatic heterocycles. The van der Waals surface area contributed by atoms with Gasteiger partial charge in [-0.3, -0.25) is 0 Å². The van der Waals surface area contributed by atoms with E-state index in [2.05, 4.69) is 10.1 Å².